The van der Waals surface area contributed by atoms with E-state index in [1.807, 2.05) is 57.2 Å². The minimum atomic E-state index is -0.970. The molecule has 2 amide bonds. The summed E-state index contributed by atoms with van der Waals surface area (Å²) in [6, 6.07) is 4.04. The molecule has 4 aliphatic rings. The number of hydrogen-bond donors (Lipinski definition) is 1. The smallest absolute Gasteiger partial charge is 0.311 e. The van der Waals surface area contributed by atoms with Gasteiger partial charge in [0.05, 0.1) is 46.5 Å². The van der Waals surface area contributed by atoms with E-state index in [2.05, 4.69) is 0 Å². The Morgan fingerprint density at radius 3 is 2.73 bits per heavy atom. The first kappa shape index (κ1) is 26.3. The van der Waals surface area contributed by atoms with Gasteiger partial charge in [-0.1, -0.05) is 68.3 Å². The number of aryl methyl sites for hydroxylation is 1. The highest BCUT2D eigenvalue weighted by atomic mass is 35.5. The first-order valence-corrected chi connectivity index (χ1v) is 14.2. The fraction of sp³-hybridized carbons (Fsp3) is 0.536. The number of amides is 2. The Hall–Kier alpha value is -2.29. The summed E-state index contributed by atoms with van der Waals surface area (Å²) >= 11 is 8.10. The Morgan fingerprint density at radius 2 is 2.03 bits per heavy atom. The molecule has 0 aliphatic carbocycles. The number of aliphatic hydroxyl groups excluding tert-OH is 1. The van der Waals surface area contributed by atoms with E-state index in [-0.39, 0.29) is 36.2 Å². The molecule has 5 rings (SSSR count). The van der Waals surface area contributed by atoms with Crippen LogP contribution in [0.3, 0.4) is 0 Å². The van der Waals surface area contributed by atoms with Crippen molar-refractivity contribution in [3.63, 3.8) is 0 Å². The lowest BCUT2D eigenvalue weighted by molar-refractivity contribution is -0.153. The summed E-state index contributed by atoms with van der Waals surface area (Å²) in [6.45, 7) is 6.17. The molecule has 37 heavy (non-hydrogen) atoms. The van der Waals surface area contributed by atoms with Gasteiger partial charge in [0.1, 0.15) is 6.04 Å². The van der Waals surface area contributed by atoms with Crippen LogP contribution in [0.15, 0.2) is 42.5 Å². The van der Waals surface area contributed by atoms with Gasteiger partial charge in [-0.2, -0.15) is 0 Å². The Balaban J connectivity index is 1.69. The first-order valence-electron chi connectivity index (χ1n) is 12.9. The van der Waals surface area contributed by atoms with Crippen molar-refractivity contribution in [3.8, 4) is 0 Å². The summed E-state index contributed by atoms with van der Waals surface area (Å²) in [4.78, 5) is 45.4. The van der Waals surface area contributed by atoms with Crippen molar-refractivity contribution >= 4 is 46.8 Å². The molecule has 1 N–H and O–H groups in total. The number of likely N-dealkylation sites (tertiary alicyclic amines) is 1. The summed E-state index contributed by atoms with van der Waals surface area (Å²) in [5, 5.41) is 10.7. The van der Waals surface area contributed by atoms with Crippen molar-refractivity contribution in [3.05, 3.63) is 53.1 Å². The SMILES string of the molecule is CC[C@H](C)[C@H](CO)N1C(=O)[C@@H]2[C@@H]3C(=O)OCCC=C[C@@H]3S[C@@]23C=CCN(c2c(C)cccc2Cl)C(=O)C13. The number of halogens is 1. The third kappa shape index (κ3) is 4.03. The molecule has 4 aliphatic heterocycles. The molecule has 0 radical (unpaired) electrons. The van der Waals surface area contributed by atoms with E-state index < -0.39 is 34.6 Å². The van der Waals surface area contributed by atoms with Crippen LogP contribution in [0, 0.1) is 24.7 Å². The minimum absolute atomic E-state index is 0.0506. The second-order valence-corrected chi connectivity index (χ2v) is 12.3. The van der Waals surface area contributed by atoms with Gasteiger partial charge in [0.2, 0.25) is 5.91 Å². The molecule has 0 saturated carbocycles. The molecule has 9 heteroatoms. The van der Waals surface area contributed by atoms with Gasteiger partial charge >= 0.3 is 5.97 Å². The van der Waals surface area contributed by atoms with Crippen LogP contribution in [0.2, 0.25) is 5.02 Å². The van der Waals surface area contributed by atoms with Crippen molar-refractivity contribution in [2.24, 2.45) is 17.8 Å². The van der Waals surface area contributed by atoms with Crippen molar-refractivity contribution in [2.75, 3.05) is 24.7 Å². The van der Waals surface area contributed by atoms with Crippen LogP contribution < -0.4 is 4.90 Å². The highest BCUT2D eigenvalue weighted by Gasteiger charge is 2.72. The number of esters is 1. The number of fused-ring (bicyclic) bond motifs is 2. The Labute approximate surface area is 226 Å². The third-order valence-corrected chi connectivity index (χ3v) is 10.4. The number of hydrogen-bond acceptors (Lipinski definition) is 6. The maximum absolute atomic E-state index is 14.6. The zero-order valence-corrected chi connectivity index (χ0v) is 22.9. The molecule has 1 unspecified atom stereocenters. The van der Waals surface area contributed by atoms with E-state index in [9.17, 15) is 19.5 Å². The van der Waals surface area contributed by atoms with Crippen LogP contribution in [-0.4, -0.2) is 69.6 Å². The summed E-state index contributed by atoms with van der Waals surface area (Å²) in [7, 11) is 0. The maximum atomic E-state index is 14.6. The number of benzene rings is 1. The number of carbonyl (C=O) groups excluding carboxylic acids is 3. The van der Waals surface area contributed by atoms with Gasteiger partial charge in [0.15, 0.2) is 0 Å². The van der Waals surface area contributed by atoms with Crippen LogP contribution in [-0.2, 0) is 19.1 Å². The van der Waals surface area contributed by atoms with Gasteiger partial charge in [-0.15, -0.1) is 11.8 Å². The summed E-state index contributed by atoms with van der Waals surface area (Å²) in [5.74, 6) is -2.45. The molecule has 0 bridgehead atoms. The third-order valence-electron chi connectivity index (χ3n) is 8.36. The molecular formula is C28H33ClN2O5S. The van der Waals surface area contributed by atoms with Gasteiger partial charge < -0.3 is 19.6 Å². The lowest BCUT2D eigenvalue weighted by atomic mass is 9.78. The number of nitrogens with zero attached hydrogens (tertiary/aromatic N) is 2. The Morgan fingerprint density at radius 1 is 1.24 bits per heavy atom. The predicted molar refractivity (Wildman–Crippen MR) is 144 cm³/mol. The van der Waals surface area contributed by atoms with E-state index in [1.54, 1.807) is 15.9 Å². The number of cyclic esters (lactones) is 1. The van der Waals surface area contributed by atoms with Crippen molar-refractivity contribution in [1.29, 1.82) is 0 Å². The zero-order chi connectivity index (χ0) is 26.5. The first-order chi connectivity index (χ1) is 17.8. The normalized spacial score (nSPS) is 32.7. The molecule has 1 aromatic rings. The van der Waals surface area contributed by atoms with Crippen molar-refractivity contribution in [2.45, 2.75) is 55.7 Å². The van der Waals surface area contributed by atoms with Crippen LogP contribution >= 0.6 is 23.4 Å². The van der Waals surface area contributed by atoms with E-state index in [1.165, 1.54) is 11.8 Å². The number of carbonyl (C=O) groups is 3. The van der Waals surface area contributed by atoms with Crippen molar-refractivity contribution in [1.82, 2.24) is 4.90 Å². The number of thioether (sulfide) groups is 1. The second kappa shape index (κ2) is 10.1. The molecule has 7 nitrogen and oxygen atoms in total. The average molecular weight is 545 g/mol. The van der Waals surface area contributed by atoms with Crippen molar-refractivity contribution < 1.29 is 24.2 Å². The largest absolute Gasteiger partial charge is 0.465 e. The van der Waals surface area contributed by atoms with Crippen LogP contribution in [0.25, 0.3) is 0 Å². The molecule has 4 heterocycles. The van der Waals surface area contributed by atoms with Crippen LogP contribution in [0.5, 0.6) is 0 Å². The molecule has 1 aromatic carbocycles. The zero-order valence-electron chi connectivity index (χ0n) is 21.3. The number of aliphatic hydroxyl groups is 1. The fourth-order valence-corrected chi connectivity index (χ4v) is 8.70. The number of rotatable bonds is 5. The van der Waals surface area contributed by atoms with Gasteiger partial charge in [-0.3, -0.25) is 14.4 Å². The summed E-state index contributed by atoms with van der Waals surface area (Å²) < 4.78 is 4.57. The van der Waals surface area contributed by atoms with Gasteiger partial charge in [-0.05, 0) is 30.9 Å². The van der Waals surface area contributed by atoms with Crippen LogP contribution in [0.1, 0.15) is 32.3 Å². The molecule has 2 saturated heterocycles. The minimum Gasteiger partial charge on any atom is -0.465 e. The maximum Gasteiger partial charge on any atom is 0.311 e. The number of anilines is 1. The molecule has 0 aromatic heterocycles. The van der Waals surface area contributed by atoms with Gasteiger partial charge in [0.25, 0.3) is 5.91 Å². The molecule has 1 spiro atoms. The molecular weight excluding hydrogens is 512 g/mol. The summed E-state index contributed by atoms with van der Waals surface area (Å²) in [5.41, 5.74) is 1.47. The van der Waals surface area contributed by atoms with Gasteiger partial charge in [-0.25, -0.2) is 0 Å². The summed E-state index contributed by atoms with van der Waals surface area (Å²) in [6.07, 6.45) is 9.21. The quantitative estimate of drug-likeness (QED) is 0.449. The fourth-order valence-electron chi connectivity index (χ4n) is 6.38. The number of ether oxygens (including phenoxy) is 1. The van der Waals surface area contributed by atoms with E-state index in [0.29, 0.717) is 23.7 Å². The molecule has 198 valence electrons. The average Bonchev–Trinajstić information content (AvgIpc) is 3.24. The number of para-hydroxylation sites is 1. The Bertz CT molecular complexity index is 1150. The topological polar surface area (TPSA) is 87.2 Å². The standard InChI is InChI=1S/C28H33ClN2O5S/c1-4-16(2)19(15-32)31-24-26(34)30(23-17(3)9-7-10-18(23)29)13-8-12-28(24)22(25(31)33)21-20(37-28)11-5-6-14-36-27(21)35/h5,7-12,16,19-22,24,32H,4,6,13-15H2,1-3H3/t16-,19-,20-,21+,22-,24?,28-/m0/s1. The van der Waals surface area contributed by atoms with E-state index >= 15 is 0 Å². The van der Waals surface area contributed by atoms with E-state index in [4.69, 9.17) is 16.3 Å². The highest BCUT2D eigenvalue weighted by Crippen LogP contribution is 2.61. The Kier molecular flexibility index (Phi) is 7.20. The molecule has 7 atom stereocenters. The molecule has 2 fully saturated rings. The van der Waals surface area contributed by atoms with E-state index in [0.717, 1.165) is 12.0 Å². The lowest BCUT2D eigenvalue weighted by Crippen LogP contribution is -2.58. The second-order valence-electron chi connectivity index (χ2n) is 10.4. The lowest BCUT2D eigenvalue weighted by Gasteiger charge is -2.40. The highest BCUT2D eigenvalue weighted by molar-refractivity contribution is 8.02. The predicted octanol–water partition coefficient (Wildman–Crippen LogP) is 3.76. The van der Waals surface area contributed by atoms with Gasteiger partial charge in [0, 0.05) is 11.8 Å². The monoisotopic (exact) mass is 544 g/mol. The van der Waals surface area contributed by atoms with Crippen LogP contribution in [0.4, 0.5) is 5.69 Å².